The van der Waals surface area contributed by atoms with Crippen LogP contribution in [0.4, 0.5) is 0 Å². The number of aliphatic imine (C=N–C) groups is 1. The van der Waals surface area contributed by atoms with Crippen molar-refractivity contribution in [2.45, 2.75) is 25.9 Å². The summed E-state index contributed by atoms with van der Waals surface area (Å²) in [4.78, 5) is 30.6. The van der Waals surface area contributed by atoms with Gasteiger partial charge in [-0.3, -0.25) is 14.6 Å². The van der Waals surface area contributed by atoms with Crippen molar-refractivity contribution in [1.82, 2.24) is 15.0 Å². The average molecular weight is 332 g/mol. The second-order valence-electron chi connectivity index (χ2n) is 6.27. The molecule has 25 heavy (non-hydrogen) atoms. The van der Waals surface area contributed by atoms with Crippen LogP contribution >= 0.6 is 0 Å². The summed E-state index contributed by atoms with van der Waals surface area (Å²) in [6, 6.07) is 13.2. The summed E-state index contributed by atoms with van der Waals surface area (Å²) in [6.45, 7) is 3.75. The highest BCUT2D eigenvalue weighted by Gasteiger charge is 2.40. The largest absolute Gasteiger partial charge is 0.291 e. The fraction of sp³-hybridized carbons (Fsp3) is 0.211. The third-order valence-electron chi connectivity index (χ3n) is 4.20. The molecule has 0 radical (unpaired) electrons. The van der Waals surface area contributed by atoms with E-state index in [9.17, 15) is 9.59 Å². The summed E-state index contributed by atoms with van der Waals surface area (Å²) in [5, 5.41) is 8.26. The number of hydrogen-bond acceptors (Lipinski definition) is 5. The quantitative estimate of drug-likeness (QED) is 0.723. The number of aromatic nitrogens is 3. The van der Waals surface area contributed by atoms with Crippen LogP contribution in [0.1, 0.15) is 40.6 Å². The fourth-order valence-electron chi connectivity index (χ4n) is 3.14. The van der Waals surface area contributed by atoms with Gasteiger partial charge >= 0.3 is 0 Å². The summed E-state index contributed by atoms with van der Waals surface area (Å²) in [6.07, 6.45) is 0. The molecule has 124 valence electrons. The molecule has 1 heterocycles. The van der Waals surface area contributed by atoms with Crippen molar-refractivity contribution in [3.05, 3.63) is 59.7 Å². The SMILES string of the molecule is CC(C)N=C1C(=O)c2ccccc2C(=O)C1n1nnc2ccccc21. The van der Waals surface area contributed by atoms with Crippen LogP contribution in [-0.4, -0.2) is 38.3 Å². The van der Waals surface area contributed by atoms with Gasteiger partial charge in [0, 0.05) is 17.2 Å². The molecular weight excluding hydrogens is 316 g/mol. The predicted molar refractivity (Wildman–Crippen MR) is 94.2 cm³/mol. The molecule has 6 nitrogen and oxygen atoms in total. The molecule has 1 aromatic heterocycles. The minimum atomic E-state index is -0.891. The van der Waals surface area contributed by atoms with E-state index in [1.165, 1.54) is 4.68 Å². The number of para-hydroxylation sites is 1. The normalized spacial score (nSPS) is 19.0. The molecule has 0 saturated heterocycles. The number of nitrogens with zero attached hydrogens (tertiary/aromatic N) is 4. The van der Waals surface area contributed by atoms with Crippen LogP contribution in [-0.2, 0) is 0 Å². The number of hydrogen-bond donors (Lipinski definition) is 0. The first-order valence-electron chi connectivity index (χ1n) is 8.13. The van der Waals surface area contributed by atoms with Gasteiger partial charge < -0.3 is 0 Å². The summed E-state index contributed by atoms with van der Waals surface area (Å²) >= 11 is 0. The highest BCUT2D eigenvalue weighted by Crippen LogP contribution is 2.29. The number of benzene rings is 2. The van der Waals surface area contributed by atoms with E-state index in [4.69, 9.17) is 0 Å². The van der Waals surface area contributed by atoms with Gasteiger partial charge in [0.15, 0.2) is 11.8 Å². The molecule has 0 aliphatic heterocycles. The van der Waals surface area contributed by atoms with Gasteiger partial charge in [0.05, 0.1) is 5.52 Å². The first-order chi connectivity index (χ1) is 12.1. The lowest BCUT2D eigenvalue weighted by Crippen LogP contribution is -2.40. The van der Waals surface area contributed by atoms with Gasteiger partial charge in [-0.2, -0.15) is 0 Å². The van der Waals surface area contributed by atoms with Gasteiger partial charge in [0.25, 0.3) is 0 Å². The molecule has 0 saturated carbocycles. The van der Waals surface area contributed by atoms with Gasteiger partial charge in [-0.25, -0.2) is 4.68 Å². The van der Waals surface area contributed by atoms with Gasteiger partial charge in [-0.1, -0.05) is 41.6 Å². The summed E-state index contributed by atoms with van der Waals surface area (Å²) < 4.78 is 1.51. The van der Waals surface area contributed by atoms with Crippen LogP contribution < -0.4 is 0 Å². The summed E-state index contributed by atoms with van der Waals surface area (Å²) in [7, 11) is 0. The van der Waals surface area contributed by atoms with E-state index in [1.807, 2.05) is 38.1 Å². The van der Waals surface area contributed by atoms with E-state index in [-0.39, 0.29) is 23.3 Å². The van der Waals surface area contributed by atoms with Crippen molar-refractivity contribution in [2.75, 3.05) is 0 Å². The molecule has 6 heteroatoms. The third kappa shape index (κ3) is 2.38. The van der Waals surface area contributed by atoms with Crippen molar-refractivity contribution < 1.29 is 9.59 Å². The Hall–Kier alpha value is -3.15. The molecule has 0 fully saturated rings. The Morgan fingerprint density at radius 2 is 1.68 bits per heavy atom. The van der Waals surface area contributed by atoms with Crippen LogP contribution in [0, 0.1) is 0 Å². The molecule has 3 aromatic rings. The molecule has 1 atom stereocenters. The number of Topliss-reactive ketones (excluding diaryl/α,β-unsaturated/α-hetero) is 2. The van der Waals surface area contributed by atoms with E-state index in [2.05, 4.69) is 15.3 Å². The van der Waals surface area contributed by atoms with Crippen molar-refractivity contribution >= 4 is 28.3 Å². The van der Waals surface area contributed by atoms with Crippen LogP contribution in [0.3, 0.4) is 0 Å². The maximum Gasteiger partial charge on any atom is 0.210 e. The Morgan fingerprint density at radius 1 is 1.00 bits per heavy atom. The topological polar surface area (TPSA) is 77.2 Å². The maximum atomic E-state index is 13.2. The predicted octanol–water partition coefficient (Wildman–Crippen LogP) is 2.90. The zero-order chi connectivity index (χ0) is 17.6. The average Bonchev–Trinajstić information content (AvgIpc) is 3.03. The minimum absolute atomic E-state index is 0.116. The highest BCUT2D eigenvalue weighted by atomic mass is 16.1. The molecule has 0 N–H and O–H groups in total. The van der Waals surface area contributed by atoms with Gasteiger partial charge in [0.1, 0.15) is 11.2 Å². The Labute approximate surface area is 144 Å². The zero-order valence-electron chi connectivity index (χ0n) is 13.9. The van der Waals surface area contributed by atoms with E-state index < -0.39 is 6.04 Å². The molecule has 0 spiro atoms. The Morgan fingerprint density at radius 3 is 2.44 bits per heavy atom. The molecular formula is C19H16N4O2. The molecule has 0 bridgehead atoms. The monoisotopic (exact) mass is 332 g/mol. The number of ketones is 2. The number of carbonyl (C=O) groups is 2. The Bertz CT molecular complexity index is 1030. The molecule has 0 amide bonds. The van der Waals surface area contributed by atoms with Crippen LogP contribution in [0.15, 0.2) is 53.5 Å². The van der Waals surface area contributed by atoms with E-state index in [0.717, 1.165) is 0 Å². The van der Waals surface area contributed by atoms with E-state index in [1.54, 1.807) is 24.3 Å². The Kier molecular flexibility index (Phi) is 3.53. The first kappa shape index (κ1) is 15.4. The molecule has 1 aliphatic carbocycles. The minimum Gasteiger partial charge on any atom is -0.291 e. The summed E-state index contributed by atoms with van der Waals surface area (Å²) in [5.41, 5.74) is 2.39. The maximum absolute atomic E-state index is 13.2. The summed E-state index contributed by atoms with van der Waals surface area (Å²) in [5.74, 6) is -0.418. The Balaban J connectivity index is 1.98. The van der Waals surface area contributed by atoms with E-state index >= 15 is 0 Å². The van der Waals surface area contributed by atoms with Crippen LogP contribution in [0.25, 0.3) is 11.0 Å². The van der Waals surface area contributed by atoms with Gasteiger partial charge in [-0.15, -0.1) is 5.10 Å². The lowest BCUT2D eigenvalue weighted by atomic mass is 9.84. The second-order valence-corrected chi connectivity index (χ2v) is 6.27. The third-order valence-corrected chi connectivity index (χ3v) is 4.20. The standard InChI is InChI=1S/C19H16N4O2/c1-11(2)20-16-17(23-15-10-6-5-9-14(15)21-22-23)19(25)13-8-4-3-7-12(13)18(16)24/h3-11,17H,1-2H3. The number of rotatable bonds is 2. The zero-order valence-corrected chi connectivity index (χ0v) is 13.9. The molecule has 1 aliphatic rings. The van der Waals surface area contributed by atoms with E-state index in [0.29, 0.717) is 22.2 Å². The lowest BCUT2D eigenvalue weighted by molar-refractivity contribution is 0.0919. The van der Waals surface area contributed by atoms with Gasteiger partial charge in [-0.05, 0) is 26.0 Å². The number of carbonyl (C=O) groups excluding carboxylic acids is 2. The molecule has 2 aromatic carbocycles. The van der Waals surface area contributed by atoms with Crippen molar-refractivity contribution in [3.8, 4) is 0 Å². The van der Waals surface area contributed by atoms with Crippen molar-refractivity contribution in [3.63, 3.8) is 0 Å². The van der Waals surface area contributed by atoms with Crippen LogP contribution in [0.5, 0.6) is 0 Å². The fourth-order valence-corrected chi connectivity index (χ4v) is 3.14. The highest BCUT2D eigenvalue weighted by molar-refractivity contribution is 6.54. The van der Waals surface area contributed by atoms with Crippen LogP contribution in [0.2, 0.25) is 0 Å². The smallest absolute Gasteiger partial charge is 0.210 e. The first-order valence-corrected chi connectivity index (χ1v) is 8.13. The van der Waals surface area contributed by atoms with Crippen molar-refractivity contribution in [2.24, 2.45) is 4.99 Å². The second kappa shape index (κ2) is 5.73. The molecule has 1 unspecified atom stereocenters. The molecule has 4 rings (SSSR count). The van der Waals surface area contributed by atoms with Gasteiger partial charge in [0.2, 0.25) is 5.78 Å². The number of fused-ring (bicyclic) bond motifs is 2. The lowest BCUT2D eigenvalue weighted by Gasteiger charge is -2.25. The van der Waals surface area contributed by atoms with Crippen molar-refractivity contribution in [1.29, 1.82) is 0 Å².